The Morgan fingerprint density at radius 2 is 2.19 bits per heavy atom. The van der Waals surface area contributed by atoms with Crippen molar-refractivity contribution >= 4 is 18.3 Å². The van der Waals surface area contributed by atoms with Gasteiger partial charge in [-0.15, -0.1) is 12.4 Å². The Hall–Kier alpha value is -2.71. The number of amides is 1. The molecule has 4 rings (SSSR count). The van der Waals surface area contributed by atoms with Gasteiger partial charge in [-0.2, -0.15) is 5.10 Å². The molecule has 0 saturated heterocycles. The number of nitrogens with two attached hydrogens (primary N) is 1. The van der Waals surface area contributed by atoms with Gasteiger partial charge in [0, 0.05) is 18.7 Å². The average molecular weight is 388 g/mol. The number of halogens is 1. The molecule has 0 bridgehead atoms. The lowest BCUT2D eigenvalue weighted by atomic mass is 10.0. The molecular formula is C18H22ClN7O. The lowest BCUT2D eigenvalue weighted by Crippen LogP contribution is -2.33. The highest BCUT2D eigenvalue weighted by atomic mass is 35.5. The third kappa shape index (κ3) is 3.86. The van der Waals surface area contributed by atoms with Crippen LogP contribution in [-0.2, 0) is 24.2 Å². The van der Waals surface area contributed by atoms with Crippen LogP contribution in [0.15, 0.2) is 30.6 Å². The molecule has 3 aromatic rings. The molecule has 1 aromatic carbocycles. The molecule has 0 spiro atoms. The summed E-state index contributed by atoms with van der Waals surface area (Å²) < 4.78 is 1.85. The Morgan fingerprint density at radius 1 is 1.37 bits per heavy atom. The molecule has 4 N–H and O–H groups in total. The second-order valence-electron chi connectivity index (χ2n) is 6.52. The maximum absolute atomic E-state index is 11.3. The highest BCUT2D eigenvalue weighted by Gasteiger charge is 2.29. The van der Waals surface area contributed by atoms with Crippen LogP contribution in [0.4, 0.5) is 0 Å². The van der Waals surface area contributed by atoms with Gasteiger partial charge in [-0.25, -0.2) is 14.6 Å². The van der Waals surface area contributed by atoms with E-state index >= 15 is 0 Å². The lowest BCUT2D eigenvalue weighted by Gasteiger charge is -2.22. The Balaban J connectivity index is 0.00000210. The summed E-state index contributed by atoms with van der Waals surface area (Å²) in [6.07, 6.45) is 2.62. The number of aromatic amines is 1. The first-order valence-corrected chi connectivity index (χ1v) is 8.64. The number of nitrogens with one attached hydrogen (secondary N) is 2. The molecule has 2 aromatic heterocycles. The smallest absolute Gasteiger partial charge is 0.225 e. The molecular weight excluding hydrogens is 366 g/mol. The van der Waals surface area contributed by atoms with Crippen molar-refractivity contribution < 1.29 is 4.79 Å². The minimum Gasteiger partial charge on any atom is -0.369 e. The summed E-state index contributed by atoms with van der Waals surface area (Å²) in [5.74, 6) is 0.741. The highest BCUT2D eigenvalue weighted by Crippen LogP contribution is 2.26. The van der Waals surface area contributed by atoms with Gasteiger partial charge < -0.3 is 16.0 Å². The Labute approximate surface area is 163 Å². The number of nitrogens with zero attached hydrogens (tertiary/aromatic N) is 4. The van der Waals surface area contributed by atoms with E-state index in [1.807, 2.05) is 16.8 Å². The second kappa shape index (κ2) is 7.89. The first-order valence-electron chi connectivity index (χ1n) is 8.64. The summed E-state index contributed by atoms with van der Waals surface area (Å²) in [4.78, 5) is 23.6. The fourth-order valence-electron chi connectivity index (χ4n) is 3.34. The molecule has 9 heteroatoms. The van der Waals surface area contributed by atoms with E-state index in [0.29, 0.717) is 12.4 Å². The van der Waals surface area contributed by atoms with E-state index in [9.17, 15) is 4.79 Å². The van der Waals surface area contributed by atoms with Crippen molar-refractivity contribution in [3.05, 3.63) is 64.8 Å². The van der Waals surface area contributed by atoms with Crippen molar-refractivity contribution in [1.29, 1.82) is 0 Å². The number of aromatic nitrogens is 5. The van der Waals surface area contributed by atoms with Gasteiger partial charge in [-0.05, 0) is 18.1 Å². The predicted octanol–water partition coefficient (Wildman–Crippen LogP) is 1.04. The number of H-pyrrole nitrogens is 1. The van der Waals surface area contributed by atoms with Gasteiger partial charge in [0.1, 0.15) is 6.04 Å². The van der Waals surface area contributed by atoms with Crippen molar-refractivity contribution in [2.75, 3.05) is 6.54 Å². The molecule has 0 saturated carbocycles. The standard InChI is InChI=1S/C18H21N7O.ClH/c1-11-4-2-3-5-12(11)9-25-18(23-15(24-25)8-14(19)26)17-16-13(6-7-20-17)21-10-22-16;/h2-5,10,17,20H,6-9H2,1H3,(H2,19,26)(H,21,22);1H. The number of rotatable bonds is 5. The summed E-state index contributed by atoms with van der Waals surface area (Å²) in [6, 6.07) is 8.00. The molecule has 0 fully saturated rings. The zero-order valence-electron chi connectivity index (χ0n) is 15.0. The number of aryl methyl sites for hydroxylation is 1. The topological polar surface area (TPSA) is 115 Å². The summed E-state index contributed by atoms with van der Waals surface area (Å²) >= 11 is 0. The van der Waals surface area contributed by atoms with Crippen LogP contribution >= 0.6 is 12.4 Å². The summed E-state index contributed by atoms with van der Waals surface area (Å²) in [5.41, 5.74) is 9.71. The molecule has 1 aliphatic rings. The van der Waals surface area contributed by atoms with Crippen LogP contribution in [0.1, 0.15) is 40.2 Å². The Kier molecular flexibility index (Phi) is 5.57. The molecule has 1 amide bonds. The van der Waals surface area contributed by atoms with Gasteiger partial charge >= 0.3 is 0 Å². The van der Waals surface area contributed by atoms with Crippen LogP contribution in [0.3, 0.4) is 0 Å². The van der Waals surface area contributed by atoms with Crippen LogP contribution in [0, 0.1) is 6.92 Å². The molecule has 1 unspecified atom stereocenters. The normalized spacial score (nSPS) is 15.8. The fraction of sp³-hybridized carbons (Fsp3) is 0.333. The number of fused-ring (bicyclic) bond motifs is 1. The van der Waals surface area contributed by atoms with Crippen molar-refractivity contribution in [2.45, 2.75) is 32.4 Å². The van der Waals surface area contributed by atoms with E-state index in [-0.39, 0.29) is 24.9 Å². The number of benzene rings is 1. The average Bonchev–Trinajstić information content (AvgIpc) is 3.23. The molecule has 27 heavy (non-hydrogen) atoms. The molecule has 0 radical (unpaired) electrons. The van der Waals surface area contributed by atoms with Crippen LogP contribution in [0.25, 0.3) is 0 Å². The first-order chi connectivity index (χ1) is 12.6. The van der Waals surface area contributed by atoms with Gasteiger partial charge in [0.2, 0.25) is 5.91 Å². The van der Waals surface area contributed by atoms with Crippen molar-refractivity contribution in [3.8, 4) is 0 Å². The number of hydrogen-bond donors (Lipinski definition) is 3. The summed E-state index contributed by atoms with van der Waals surface area (Å²) in [7, 11) is 0. The van der Waals surface area contributed by atoms with Gasteiger partial charge in [0.15, 0.2) is 11.6 Å². The number of hydrogen-bond acceptors (Lipinski definition) is 5. The zero-order valence-corrected chi connectivity index (χ0v) is 15.8. The first kappa shape index (κ1) is 19.1. The quantitative estimate of drug-likeness (QED) is 0.605. The zero-order chi connectivity index (χ0) is 18.1. The van der Waals surface area contributed by atoms with E-state index in [0.717, 1.165) is 35.7 Å². The van der Waals surface area contributed by atoms with Gasteiger partial charge in [0.25, 0.3) is 0 Å². The summed E-state index contributed by atoms with van der Waals surface area (Å²) in [5, 5.41) is 8.01. The monoisotopic (exact) mass is 387 g/mol. The number of imidazole rings is 1. The fourth-order valence-corrected chi connectivity index (χ4v) is 3.34. The summed E-state index contributed by atoms with van der Waals surface area (Å²) in [6.45, 7) is 3.47. The van der Waals surface area contributed by atoms with Crippen molar-refractivity contribution in [3.63, 3.8) is 0 Å². The van der Waals surface area contributed by atoms with E-state index in [2.05, 4.69) is 44.4 Å². The number of carbonyl (C=O) groups excluding carboxylic acids is 1. The van der Waals surface area contributed by atoms with Crippen LogP contribution in [-0.4, -0.2) is 37.2 Å². The maximum Gasteiger partial charge on any atom is 0.225 e. The number of carbonyl (C=O) groups is 1. The largest absolute Gasteiger partial charge is 0.369 e. The van der Waals surface area contributed by atoms with E-state index in [1.54, 1.807) is 6.33 Å². The van der Waals surface area contributed by atoms with Crippen LogP contribution < -0.4 is 11.1 Å². The van der Waals surface area contributed by atoms with Crippen molar-refractivity contribution in [2.24, 2.45) is 5.73 Å². The van der Waals surface area contributed by atoms with E-state index < -0.39 is 5.91 Å². The molecule has 3 heterocycles. The minimum absolute atomic E-state index is 0. The Bertz CT molecular complexity index is 949. The number of primary amides is 1. The third-order valence-electron chi connectivity index (χ3n) is 4.66. The van der Waals surface area contributed by atoms with Gasteiger partial charge in [0.05, 0.1) is 25.0 Å². The van der Waals surface area contributed by atoms with E-state index in [1.165, 1.54) is 5.56 Å². The molecule has 1 aliphatic heterocycles. The minimum atomic E-state index is -0.443. The molecule has 8 nitrogen and oxygen atoms in total. The van der Waals surface area contributed by atoms with Gasteiger partial charge in [-0.1, -0.05) is 24.3 Å². The van der Waals surface area contributed by atoms with Gasteiger partial charge in [-0.3, -0.25) is 4.79 Å². The van der Waals surface area contributed by atoms with Crippen molar-refractivity contribution in [1.82, 2.24) is 30.0 Å². The SMILES string of the molecule is Cc1ccccc1Cn1nc(CC(N)=O)nc1C1NCCc2[nH]cnc21.Cl. The van der Waals surface area contributed by atoms with Crippen LogP contribution in [0.5, 0.6) is 0 Å². The maximum atomic E-state index is 11.3. The van der Waals surface area contributed by atoms with Crippen LogP contribution in [0.2, 0.25) is 0 Å². The Morgan fingerprint density at radius 3 is 2.96 bits per heavy atom. The molecule has 142 valence electrons. The highest BCUT2D eigenvalue weighted by molar-refractivity contribution is 5.85. The molecule has 0 aliphatic carbocycles. The third-order valence-corrected chi connectivity index (χ3v) is 4.66. The second-order valence-corrected chi connectivity index (χ2v) is 6.52. The van der Waals surface area contributed by atoms with E-state index in [4.69, 9.17) is 5.73 Å². The lowest BCUT2D eigenvalue weighted by molar-refractivity contribution is -0.117. The molecule has 1 atom stereocenters. The predicted molar refractivity (Wildman–Crippen MR) is 103 cm³/mol.